The average Bonchev–Trinajstić information content (AvgIpc) is 2.09. The van der Waals surface area contributed by atoms with Gasteiger partial charge in [0.25, 0.3) is 0 Å². The number of carbonyl (C=O) groups is 1. The Morgan fingerprint density at radius 1 is 1.36 bits per heavy atom. The molecule has 0 saturated carbocycles. The maximum atomic E-state index is 11.1. The first-order valence-corrected chi connectivity index (χ1v) is 6.71. The van der Waals surface area contributed by atoms with Crippen LogP contribution in [0.15, 0.2) is 0 Å². The molecule has 1 aliphatic heterocycles. The summed E-state index contributed by atoms with van der Waals surface area (Å²) in [5, 5.41) is 0. The third kappa shape index (κ3) is 3.65. The summed E-state index contributed by atoms with van der Waals surface area (Å²) in [5.41, 5.74) is 0. The van der Waals surface area contributed by atoms with E-state index in [1.54, 1.807) is 6.92 Å². The summed E-state index contributed by atoms with van der Waals surface area (Å²) in [6.45, 7) is 2.16. The first-order valence-electron chi connectivity index (χ1n) is 4.89. The Labute approximate surface area is 84.6 Å². The fraction of sp³-hybridized carbons (Fsp3) is 0.889. The SMILES string of the molecule is CCOC(=O)CC1CCS(=O)(=O)CC1. The van der Waals surface area contributed by atoms with Gasteiger partial charge in [-0.05, 0) is 25.7 Å². The van der Waals surface area contributed by atoms with Crippen molar-refractivity contribution in [3.63, 3.8) is 0 Å². The maximum Gasteiger partial charge on any atom is 0.306 e. The van der Waals surface area contributed by atoms with Crippen molar-refractivity contribution in [3.8, 4) is 0 Å². The molecule has 1 heterocycles. The molecule has 1 aliphatic rings. The predicted octanol–water partition coefficient (Wildman–Crippen LogP) is 0.764. The fourth-order valence-electron chi connectivity index (χ4n) is 1.60. The van der Waals surface area contributed by atoms with Gasteiger partial charge in [-0.1, -0.05) is 0 Å². The maximum absolute atomic E-state index is 11.1. The lowest BCUT2D eigenvalue weighted by Gasteiger charge is -2.20. The van der Waals surface area contributed by atoms with Crippen LogP contribution in [0, 0.1) is 5.92 Å². The summed E-state index contributed by atoms with van der Waals surface area (Å²) < 4.78 is 27.0. The molecule has 1 saturated heterocycles. The van der Waals surface area contributed by atoms with Gasteiger partial charge in [0.2, 0.25) is 0 Å². The zero-order valence-corrected chi connectivity index (χ0v) is 9.18. The second-order valence-electron chi connectivity index (χ2n) is 3.60. The number of carbonyl (C=O) groups excluding carboxylic acids is 1. The lowest BCUT2D eigenvalue weighted by Crippen LogP contribution is -2.25. The zero-order valence-electron chi connectivity index (χ0n) is 8.36. The Balaban J connectivity index is 2.32. The van der Waals surface area contributed by atoms with E-state index < -0.39 is 9.84 Å². The summed E-state index contributed by atoms with van der Waals surface area (Å²) >= 11 is 0. The minimum Gasteiger partial charge on any atom is -0.466 e. The monoisotopic (exact) mass is 220 g/mol. The molecule has 0 aromatic heterocycles. The quantitative estimate of drug-likeness (QED) is 0.659. The van der Waals surface area contributed by atoms with Crippen molar-refractivity contribution < 1.29 is 17.9 Å². The van der Waals surface area contributed by atoms with Crippen LogP contribution in [0.3, 0.4) is 0 Å². The molecule has 4 nitrogen and oxygen atoms in total. The molecule has 1 fully saturated rings. The normalized spacial score (nSPS) is 21.8. The molecule has 0 N–H and O–H groups in total. The van der Waals surface area contributed by atoms with Crippen molar-refractivity contribution in [2.24, 2.45) is 5.92 Å². The molecule has 0 amide bonds. The number of hydrogen-bond donors (Lipinski definition) is 0. The summed E-state index contributed by atoms with van der Waals surface area (Å²) in [4.78, 5) is 11.1. The molecule has 5 heteroatoms. The van der Waals surface area contributed by atoms with Crippen LogP contribution in [-0.2, 0) is 19.4 Å². The predicted molar refractivity (Wildman–Crippen MR) is 52.6 cm³/mol. The van der Waals surface area contributed by atoms with Gasteiger partial charge in [-0.2, -0.15) is 0 Å². The van der Waals surface area contributed by atoms with Crippen LogP contribution >= 0.6 is 0 Å². The highest BCUT2D eigenvalue weighted by molar-refractivity contribution is 7.91. The molecular weight excluding hydrogens is 204 g/mol. The summed E-state index contributed by atoms with van der Waals surface area (Å²) in [7, 11) is -2.82. The lowest BCUT2D eigenvalue weighted by atomic mass is 9.99. The number of esters is 1. The molecular formula is C9H16O4S. The molecule has 82 valence electrons. The highest BCUT2D eigenvalue weighted by Crippen LogP contribution is 2.22. The van der Waals surface area contributed by atoms with E-state index in [0.29, 0.717) is 25.9 Å². The first-order chi connectivity index (χ1) is 6.53. The Bertz CT molecular complexity index is 280. The highest BCUT2D eigenvalue weighted by Gasteiger charge is 2.25. The molecule has 0 unspecified atom stereocenters. The van der Waals surface area contributed by atoms with Gasteiger partial charge in [0, 0.05) is 6.42 Å². The standard InChI is InChI=1S/C9H16O4S/c1-2-13-9(10)7-8-3-5-14(11,12)6-4-8/h8H,2-7H2,1H3. The van der Waals surface area contributed by atoms with E-state index in [4.69, 9.17) is 4.74 Å². The largest absolute Gasteiger partial charge is 0.466 e. The Morgan fingerprint density at radius 3 is 2.43 bits per heavy atom. The van der Waals surface area contributed by atoms with Gasteiger partial charge in [-0.3, -0.25) is 4.79 Å². The number of hydrogen-bond acceptors (Lipinski definition) is 4. The molecule has 0 aromatic carbocycles. The average molecular weight is 220 g/mol. The van der Waals surface area contributed by atoms with Crippen molar-refractivity contribution in [1.29, 1.82) is 0 Å². The second kappa shape index (κ2) is 4.77. The minimum atomic E-state index is -2.82. The molecule has 0 aliphatic carbocycles. The fourth-order valence-corrected chi connectivity index (χ4v) is 3.19. The van der Waals surface area contributed by atoms with Crippen LogP contribution in [0.4, 0.5) is 0 Å². The van der Waals surface area contributed by atoms with E-state index in [2.05, 4.69) is 0 Å². The van der Waals surface area contributed by atoms with E-state index in [9.17, 15) is 13.2 Å². The molecule has 0 spiro atoms. The minimum absolute atomic E-state index is 0.192. The Hall–Kier alpha value is -0.580. The molecule has 1 rings (SSSR count). The van der Waals surface area contributed by atoms with Crippen molar-refractivity contribution in [2.75, 3.05) is 18.1 Å². The van der Waals surface area contributed by atoms with Crippen LogP contribution < -0.4 is 0 Å². The van der Waals surface area contributed by atoms with Gasteiger partial charge >= 0.3 is 5.97 Å². The Kier molecular flexibility index (Phi) is 3.92. The van der Waals surface area contributed by atoms with Crippen LogP contribution in [0.2, 0.25) is 0 Å². The van der Waals surface area contributed by atoms with Crippen molar-refractivity contribution in [3.05, 3.63) is 0 Å². The smallest absolute Gasteiger partial charge is 0.306 e. The number of sulfone groups is 1. The molecule has 0 atom stereocenters. The van der Waals surface area contributed by atoms with E-state index in [1.165, 1.54) is 0 Å². The van der Waals surface area contributed by atoms with Gasteiger partial charge in [-0.25, -0.2) is 8.42 Å². The van der Waals surface area contributed by atoms with Crippen LogP contribution in [-0.4, -0.2) is 32.5 Å². The first kappa shape index (κ1) is 11.5. The second-order valence-corrected chi connectivity index (χ2v) is 5.91. The van der Waals surface area contributed by atoms with E-state index in [1.807, 2.05) is 0 Å². The van der Waals surface area contributed by atoms with Crippen LogP contribution in [0.5, 0.6) is 0 Å². The van der Waals surface area contributed by atoms with Gasteiger partial charge in [0.15, 0.2) is 0 Å². The van der Waals surface area contributed by atoms with Crippen molar-refractivity contribution in [2.45, 2.75) is 26.2 Å². The van der Waals surface area contributed by atoms with Gasteiger partial charge in [-0.15, -0.1) is 0 Å². The molecule has 0 aromatic rings. The summed E-state index contributed by atoms with van der Waals surface area (Å²) in [6.07, 6.45) is 1.56. The molecule has 14 heavy (non-hydrogen) atoms. The van der Waals surface area contributed by atoms with Crippen molar-refractivity contribution >= 4 is 15.8 Å². The van der Waals surface area contributed by atoms with Gasteiger partial charge in [0.05, 0.1) is 18.1 Å². The summed E-state index contributed by atoms with van der Waals surface area (Å²) in [5.74, 6) is 0.420. The summed E-state index contributed by atoms with van der Waals surface area (Å²) in [6, 6.07) is 0. The molecule has 0 bridgehead atoms. The van der Waals surface area contributed by atoms with E-state index in [0.717, 1.165) is 0 Å². The van der Waals surface area contributed by atoms with E-state index >= 15 is 0 Å². The van der Waals surface area contributed by atoms with E-state index in [-0.39, 0.29) is 23.4 Å². The van der Waals surface area contributed by atoms with Gasteiger partial charge in [0.1, 0.15) is 9.84 Å². The third-order valence-corrected chi connectivity index (χ3v) is 4.15. The van der Waals surface area contributed by atoms with Gasteiger partial charge < -0.3 is 4.74 Å². The topological polar surface area (TPSA) is 60.4 Å². The van der Waals surface area contributed by atoms with Crippen LogP contribution in [0.1, 0.15) is 26.2 Å². The lowest BCUT2D eigenvalue weighted by molar-refractivity contribution is -0.144. The Morgan fingerprint density at radius 2 is 1.93 bits per heavy atom. The number of rotatable bonds is 3. The number of ether oxygens (including phenoxy) is 1. The van der Waals surface area contributed by atoms with Crippen LogP contribution in [0.25, 0.3) is 0 Å². The molecule has 0 radical (unpaired) electrons. The van der Waals surface area contributed by atoms with Crippen molar-refractivity contribution in [1.82, 2.24) is 0 Å². The third-order valence-electron chi connectivity index (χ3n) is 2.43. The highest BCUT2D eigenvalue weighted by atomic mass is 32.2. The zero-order chi connectivity index (χ0) is 10.6.